The molecule has 2 fully saturated rings. The number of nitrogens with zero attached hydrogens (tertiary/aromatic N) is 4. The highest BCUT2D eigenvalue weighted by molar-refractivity contribution is 7.80. The van der Waals surface area contributed by atoms with Gasteiger partial charge in [-0.25, -0.2) is 4.39 Å². The zero-order valence-electron chi connectivity index (χ0n) is 20.1. The highest BCUT2D eigenvalue weighted by atomic mass is 32.1. The first kappa shape index (κ1) is 24.6. The van der Waals surface area contributed by atoms with Crippen molar-refractivity contribution in [3.8, 4) is 0 Å². The third-order valence-corrected chi connectivity index (χ3v) is 6.54. The molecular formula is C25H35FN6OS. The first-order valence-electron chi connectivity index (χ1n) is 12.2. The number of ether oxygens (including phenoxy) is 1. The minimum atomic E-state index is -0.209. The lowest BCUT2D eigenvalue weighted by Crippen LogP contribution is -2.40. The number of hydrogen-bond donors (Lipinski definition) is 2. The minimum Gasteiger partial charge on any atom is -0.378 e. The topological polar surface area (TPSA) is 65.6 Å². The summed E-state index contributed by atoms with van der Waals surface area (Å²) in [5.74, 6) is 3.41. The molecule has 2 saturated heterocycles. The van der Waals surface area contributed by atoms with Gasteiger partial charge in [-0.05, 0) is 61.0 Å². The molecule has 0 bridgehead atoms. The second-order valence-corrected chi connectivity index (χ2v) is 9.88. The van der Waals surface area contributed by atoms with E-state index in [0.717, 1.165) is 56.2 Å². The number of thiocarbonyl (C=S) groups is 1. The van der Waals surface area contributed by atoms with Crippen molar-refractivity contribution in [2.45, 2.75) is 33.1 Å². The first-order chi connectivity index (χ1) is 16.5. The largest absolute Gasteiger partial charge is 0.378 e. The van der Waals surface area contributed by atoms with Gasteiger partial charge in [0.2, 0.25) is 5.95 Å². The Labute approximate surface area is 207 Å². The SMILES string of the molecule is C[C@@H]1C[C@H](C)CN(c2cc(N3CCOCC3)nc(NC(=S)NCCCc3ccc(F)cc3)n2)C1. The van der Waals surface area contributed by atoms with E-state index in [9.17, 15) is 4.39 Å². The van der Waals surface area contributed by atoms with Gasteiger partial charge in [-0.3, -0.25) is 0 Å². The zero-order chi connectivity index (χ0) is 23.9. The molecule has 4 rings (SSSR count). The van der Waals surface area contributed by atoms with Gasteiger partial charge in [-0.2, -0.15) is 9.97 Å². The van der Waals surface area contributed by atoms with Crippen molar-refractivity contribution >= 4 is 34.9 Å². The fraction of sp³-hybridized carbons (Fsp3) is 0.560. The van der Waals surface area contributed by atoms with Gasteiger partial charge in [0, 0.05) is 38.8 Å². The van der Waals surface area contributed by atoms with Gasteiger partial charge < -0.3 is 25.2 Å². The third-order valence-electron chi connectivity index (χ3n) is 6.29. The number of halogens is 1. The van der Waals surface area contributed by atoms with E-state index in [-0.39, 0.29) is 5.82 Å². The van der Waals surface area contributed by atoms with Crippen molar-refractivity contribution in [3.63, 3.8) is 0 Å². The summed E-state index contributed by atoms with van der Waals surface area (Å²) in [6.45, 7) is 10.3. The number of morpholine rings is 1. The van der Waals surface area contributed by atoms with Crippen LogP contribution in [0.3, 0.4) is 0 Å². The molecule has 2 N–H and O–H groups in total. The quantitative estimate of drug-likeness (QED) is 0.452. The van der Waals surface area contributed by atoms with Crippen LogP contribution in [0.4, 0.5) is 22.0 Å². The Hall–Kier alpha value is -2.52. The number of piperidine rings is 1. The number of aryl methyl sites for hydroxylation is 1. The van der Waals surface area contributed by atoms with Crippen LogP contribution in [0.1, 0.15) is 32.3 Å². The van der Waals surface area contributed by atoms with Crippen molar-refractivity contribution in [1.82, 2.24) is 15.3 Å². The molecule has 34 heavy (non-hydrogen) atoms. The van der Waals surface area contributed by atoms with E-state index < -0.39 is 0 Å². The van der Waals surface area contributed by atoms with Crippen LogP contribution in [0, 0.1) is 17.7 Å². The second kappa shape index (κ2) is 11.8. The molecule has 184 valence electrons. The van der Waals surface area contributed by atoms with E-state index in [2.05, 4.69) is 40.3 Å². The van der Waals surface area contributed by atoms with E-state index >= 15 is 0 Å². The number of hydrogen-bond acceptors (Lipinski definition) is 6. The van der Waals surface area contributed by atoms with Crippen molar-refractivity contribution in [1.29, 1.82) is 0 Å². The average molecular weight is 487 g/mol. The second-order valence-electron chi connectivity index (χ2n) is 9.47. The molecule has 7 nitrogen and oxygen atoms in total. The van der Waals surface area contributed by atoms with Crippen LogP contribution < -0.4 is 20.4 Å². The van der Waals surface area contributed by atoms with E-state index in [1.807, 2.05) is 12.1 Å². The fourth-order valence-electron chi connectivity index (χ4n) is 4.74. The van der Waals surface area contributed by atoms with Crippen LogP contribution >= 0.6 is 12.2 Å². The summed E-state index contributed by atoms with van der Waals surface area (Å²) in [5, 5.41) is 6.94. The molecule has 2 aliphatic heterocycles. The minimum absolute atomic E-state index is 0.209. The lowest BCUT2D eigenvalue weighted by atomic mass is 9.92. The summed E-state index contributed by atoms with van der Waals surface area (Å²) in [7, 11) is 0. The first-order valence-corrected chi connectivity index (χ1v) is 12.6. The van der Waals surface area contributed by atoms with Gasteiger partial charge in [-0.1, -0.05) is 26.0 Å². The predicted octanol–water partition coefficient (Wildman–Crippen LogP) is 3.85. The maximum absolute atomic E-state index is 13.1. The molecule has 0 aliphatic carbocycles. The maximum atomic E-state index is 13.1. The Morgan fingerprint density at radius 3 is 2.38 bits per heavy atom. The van der Waals surface area contributed by atoms with Crippen LogP contribution in [0.15, 0.2) is 30.3 Å². The molecule has 2 atom stereocenters. The Morgan fingerprint density at radius 1 is 1.06 bits per heavy atom. The summed E-state index contributed by atoms with van der Waals surface area (Å²) in [6, 6.07) is 8.73. The Bertz CT molecular complexity index is 943. The van der Waals surface area contributed by atoms with E-state index in [4.69, 9.17) is 26.9 Å². The van der Waals surface area contributed by atoms with Gasteiger partial charge in [0.1, 0.15) is 17.5 Å². The van der Waals surface area contributed by atoms with Crippen molar-refractivity contribution in [2.24, 2.45) is 11.8 Å². The molecular weight excluding hydrogens is 451 g/mol. The highest BCUT2D eigenvalue weighted by Crippen LogP contribution is 2.28. The molecule has 1 aromatic carbocycles. The summed E-state index contributed by atoms with van der Waals surface area (Å²) in [6.07, 6.45) is 2.99. The summed E-state index contributed by atoms with van der Waals surface area (Å²) in [4.78, 5) is 14.2. The van der Waals surface area contributed by atoms with Crippen molar-refractivity contribution < 1.29 is 9.13 Å². The highest BCUT2D eigenvalue weighted by Gasteiger charge is 2.25. The Kier molecular flexibility index (Phi) is 8.50. The van der Waals surface area contributed by atoms with Crippen LogP contribution in [0.5, 0.6) is 0 Å². The van der Waals surface area contributed by atoms with E-state index in [1.165, 1.54) is 18.6 Å². The summed E-state index contributed by atoms with van der Waals surface area (Å²) in [5.41, 5.74) is 1.11. The molecule has 1 aromatic heterocycles. The number of rotatable bonds is 7. The zero-order valence-corrected chi connectivity index (χ0v) is 20.9. The number of aromatic nitrogens is 2. The van der Waals surface area contributed by atoms with Gasteiger partial charge >= 0.3 is 0 Å². The van der Waals surface area contributed by atoms with Crippen LogP contribution in [-0.2, 0) is 11.2 Å². The molecule has 0 amide bonds. The van der Waals surface area contributed by atoms with Crippen LogP contribution in [0.2, 0.25) is 0 Å². The van der Waals surface area contributed by atoms with Crippen molar-refractivity contribution in [2.75, 3.05) is 61.1 Å². The molecule has 2 aromatic rings. The summed E-state index contributed by atoms with van der Waals surface area (Å²) >= 11 is 5.52. The van der Waals surface area contributed by atoms with Gasteiger partial charge in [0.05, 0.1) is 13.2 Å². The van der Waals surface area contributed by atoms with Crippen molar-refractivity contribution in [3.05, 3.63) is 41.7 Å². The summed E-state index contributed by atoms with van der Waals surface area (Å²) < 4.78 is 18.6. The number of nitrogens with one attached hydrogen (secondary N) is 2. The molecule has 3 heterocycles. The van der Waals surface area contributed by atoms with E-state index in [0.29, 0.717) is 42.7 Å². The molecule has 0 saturated carbocycles. The molecule has 2 aliphatic rings. The molecule has 0 spiro atoms. The lowest BCUT2D eigenvalue weighted by Gasteiger charge is -2.36. The van der Waals surface area contributed by atoms with Crippen LogP contribution in [-0.4, -0.2) is 61.0 Å². The van der Waals surface area contributed by atoms with Gasteiger partial charge in [-0.15, -0.1) is 0 Å². The van der Waals surface area contributed by atoms with Gasteiger partial charge in [0.25, 0.3) is 0 Å². The number of benzene rings is 1. The average Bonchev–Trinajstić information content (AvgIpc) is 2.83. The van der Waals surface area contributed by atoms with E-state index in [1.54, 1.807) is 0 Å². The molecule has 0 radical (unpaired) electrons. The van der Waals surface area contributed by atoms with Crippen LogP contribution in [0.25, 0.3) is 0 Å². The predicted molar refractivity (Wildman–Crippen MR) is 139 cm³/mol. The molecule has 9 heteroatoms. The van der Waals surface area contributed by atoms with Gasteiger partial charge in [0.15, 0.2) is 5.11 Å². The normalized spacial score (nSPS) is 20.8. The standard InChI is InChI=1S/C25H35FN6OS/c1-18-14-19(2)17-32(16-18)23-15-22(31-10-12-33-13-11-31)28-24(29-23)30-25(34)27-9-3-4-20-5-7-21(26)8-6-20/h5-8,15,18-19H,3-4,9-14,16-17H2,1-2H3,(H2,27,28,29,30,34)/t18-,19+. The maximum Gasteiger partial charge on any atom is 0.232 e. The monoisotopic (exact) mass is 486 g/mol. The molecule has 0 unspecified atom stereocenters. The fourth-order valence-corrected chi connectivity index (χ4v) is 4.93. The smallest absolute Gasteiger partial charge is 0.232 e. The lowest BCUT2D eigenvalue weighted by molar-refractivity contribution is 0.122. The Morgan fingerprint density at radius 2 is 1.71 bits per heavy atom. The third kappa shape index (κ3) is 6.99. The Balaban J connectivity index is 1.39. The number of anilines is 3.